The van der Waals surface area contributed by atoms with Crippen molar-refractivity contribution in [3.05, 3.63) is 29.3 Å². The molecule has 1 unspecified atom stereocenters. The normalized spacial score (nSPS) is 21.6. The van der Waals surface area contributed by atoms with Crippen LogP contribution in [0.15, 0.2) is 24.5 Å². The summed E-state index contributed by atoms with van der Waals surface area (Å²) in [6, 6.07) is 3.51. The molecule has 0 aliphatic carbocycles. The van der Waals surface area contributed by atoms with E-state index in [4.69, 9.17) is 12.2 Å². The molecule has 1 fully saturated rings. The fraction of sp³-hybridized carbons (Fsp3) is 0.364. The summed E-state index contributed by atoms with van der Waals surface area (Å²) < 4.78 is 25.5. The van der Waals surface area contributed by atoms with E-state index in [1.54, 1.807) is 17.0 Å². The molecule has 19 heavy (non-hydrogen) atoms. The van der Waals surface area contributed by atoms with Gasteiger partial charge in [-0.25, -0.2) is 8.42 Å². The summed E-state index contributed by atoms with van der Waals surface area (Å²) in [6.07, 6.45) is 3.92. The Bertz CT molecular complexity index is 749. The molecule has 3 rings (SSSR count). The molecule has 1 aliphatic rings. The predicted molar refractivity (Wildman–Crippen MR) is 73.0 cm³/mol. The number of rotatable bonds is 2. The van der Waals surface area contributed by atoms with Crippen molar-refractivity contribution in [1.82, 2.24) is 19.7 Å². The Morgan fingerprint density at radius 2 is 2.11 bits per heavy atom. The minimum absolute atomic E-state index is 0.124. The maximum Gasteiger partial charge on any atom is 0.195 e. The van der Waals surface area contributed by atoms with Gasteiger partial charge in [0.05, 0.1) is 17.5 Å². The molecule has 0 saturated carbocycles. The second kappa shape index (κ2) is 4.53. The van der Waals surface area contributed by atoms with Gasteiger partial charge in [-0.1, -0.05) is 0 Å². The molecule has 1 atom stereocenters. The summed E-state index contributed by atoms with van der Waals surface area (Å²) in [5.74, 6) is 0.994. The van der Waals surface area contributed by atoms with E-state index >= 15 is 0 Å². The first-order chi connectivity index (χ1) is 9.07. The van der Waals surface area contributed by atoms with Gasteiger partial charge < -0.3 is 0 Å². The van der Waals surface area contributed by atoms with Crippen molar-refractivity contribution in [2.45, 2.75) is 12.5 Å². The number of nitrogens with zero attached hydrogens (tertiary/aromatic N) is 3. The highest BCUT2D eigenvalue weighted by atomic mass is 32.2. The zero-order chi connectivity index (χ0) is 13.5. The molecule has 1 saturated heterocycles. The van der Waals surface area contributed by atoms with Crippen LogP contribution in [-0.2, 0) is 9.84 Å². The van der Waals surface area contributed by atoms with Gasteiger partial charge in [-0.3, -0.25) is 14.6 Å². The largest absolute Gasteiger partial charge is 0.296 e. The molecule has 3 heterocycles. The lowest BCUT2D eigenvalue weighted by atomic mass is 10.2. The molecule has 100 valence electrons. The third-order valence-corrected chi connectivity index (χ3v) is 5.25. The molecule has 2 aromatic heterocycles. The van der Waals surface area contributed by atoms with Gasteiger partial charge in [0.2, 0.25) is 0 Å². The van der Waals surface area contributed by atoms with Gasteiger partial charge >= 0.3 is 0 Å². The van der Waals surface area contributed by atoms with Gasteiger partial charge in [-0.05, 0) is 30.8 Å². The van der Waals surface area contributed by atoms with E-state index in [2.05, 4.69) is 15.2 Å². The van der Waals surface area contributed by atoms with Crippen molar-refractivity contribution in [1.29, 1.82) is 0 Å². The van der Waals surface area contributed by atoms with E-state index in [1.807, 2.05) is 12.1 Å². The monoisotopic (exact) mass is 296 g/mol. The Labute approximate surface area is 115 Å². The topological polar surface area (TPSA) is 80.6 Å². The average molecular weight is 296 g/mol. The van der Waals surface area contributed by atoms with Crippen LogP contribution in [0.5, 0.6) is 0 Å². The SMILES string of the molecule is O=S1(=O)CCC(n2c(-c3ccncc3)n[nH]c2=S)C1. The van der Waals surface area contributed by atoms with Crippen molar-refractivity contribution in [3.63, 3.8) is 0 Å². The number of nitrogens with one attached hydrogen (secondary N) is 1. The standard InChI is InChI=1S/C11H12N4O2S2/c16-19(17)6-3-9(7-19)15-10(13-14-11(15)18)8-1-4-12-5-2-8/h1-2,4-5,9H,3,6-7H2,(H,14,18). The van der Waals surface area contributed by atoms with Crippen LogP contribution in [0.25, 0.3) is 11.4 Å². The van der Waals surface area contributed by atoms with Crippen LogP contribution < -0.4 is 0 Å². The quantitative estimate of drug-likeness (QED) is 0.846. The molecule has 8 heteroatoms. The van der Waals surface area contributed by atoms with Gasteiger partial charge in [0, 0.05) is 18.0 Å². The van der Waals surface area contributed by atoms with Gasteiger partial charge in [0.15, 0.2) is 20.4 Å². The van der Waals surface area contributed by atoms with Crippen molar-refractivity contribution >= 4 is 22.1 Å². The lowest BCUT2D eigenvalue weighted by Gasteiger charge is -2.12. The molecule has 2 aromatic rings. The van der Waals surface area contributed by atoms with Crippen LogP contribution in [0.4, 0.5) is 0 Å². The number of aromatic nitrogens is 4. The second-order valence-corrected chi connectivity index (χ2v) is 7.13. The van der Waals surface area contributed by atoms with Gasteiger partial charge in [-0.15, -0.1) is 0 Å². The van der Waals surface area contributed by atoms with Crippen LogP contribution in [-0.4, -0.2) is 39.7 Å². The molecule has 0 radical (unpaired) electrons. The zero-order valence-electron chi connectivity index (χ0n) is 9.98. The number of H-pyrrole nitrogens is 1. The van der Waals surface area contributed by atoms with E-state index in [0.29, 0.717) is 17.0 Å². The third-order valence-electron chi connectivity index (χ3n) is 3.22. The van der Waals surface area contributed by atoms with E-state index < -0.39 is 9.84 Å². The summed E-state index contributed by atoms with van der Waals surface area (Å²) in [4.78, 5) is 3.96. The number of hydrogen-bond acceptors (Lipinski definition) is 5. The van der Waals surface area contributed by atoms with Crippen molar-refractivity contribution in [3.8, 4) is 11.4 Å². The highest BCUT2D eigenvalue weighted by Gasteiger charge is 2.31. The van der Waals surface area contributed by atoms with Crippen LogP contribution in [0.1, 0.15) is 12.5 Å². The number of aromatic amines is 1. The van der Waals surface area contributed by atoms with E-state index in [0.717, 1.165) is 5.56 Å². The van der Waals surface area contributed by atoms with E-state index in [1.165, 1.54) is 0 Å². The fourth-order valence-electron chi connectivity index (χ4n) is 2.33. The molecular formula is C11H12N4O2S2. The Kier molecular flexibility index (Phi) is 2.98. The van der Waals surface area contributed by atoms with Crippen molar-refractivity contribution < 1.29 is 8.42 Å². The predicted octanol–water partition coefficient (Wildman–Crippen LogP) is 1.36. The lowest BCUT2D eigenvalue weighted by molar-refractivity contribution is 0.553. The van der Waals surface area contributed by atoms with Crippen LogP contribution in [0.3, 0.4) is 0 Å². The third kappa shape index (κ3) is 2.33. The Morgan fingerprint density at radius 1 is 1.37 bits per heavy atom. The molecule has 6 nitrogen and oxygen atoms in total. The molecule has 0 spiro atoms. The Hall–Kier alpha value is -1.54. The highest BCUT2D eigenvalue weighted by Crippen LogP contribution is 2.28. The molecule has 0 amide bonds. The smallest absolute Gasteiger partial charge is 0.195 e. The number of pyridine rings is 1. The van der Waals surface area contributed by atoms with E-state index in [-0.39, 0.29) is 17.5 Å². The first kappa shape index (κ1) is 12.5. The summed E-state index contributed by atoms with van der Waals surface area (Å²) in [6.45, 7) is 0. The fourth-order valence-corrected chi connectivity index (χ4v) is 4.31. The van der Waals surface area contributed by atoms with Crippen molar-refractivity contribution in [2.75, 3.05) is 11.5 Å². The van der Waals surface area contributed by atoms with Crippen LogP contribution in [0, 0.1) is 4.77 Å². The lowest BCUT2D eigenvalue weighted by Crippen LogP contribution is -2.12. The van der Waals surface area contributed by atoms with Crippen LogP contribution >= 0.6 is 12.2 Å². The Morgan fingerprint density at radius 3 is 2.74 bits per heavy atom. The number of sulfone groups is 1. The molecule has 1 N–H and O–H groups in total. The van der Waals surface area contributed by atoms with Gasteiger partial charge in [0.1, 0.15) is 0 Å². The van der Waals surface area contributed by atoms with E-state index in [9.17, 15) is 8.42 Å². The van der Waals surface area contributed by atoms with Crippen LogP contribution in [0.2, 0.25) is 0 Å². The summed E-state index contributed by atoms with van der Waals surface area (Å²) in [7, 11) is -2.96. The maximum absolute atomic E-state index is 11.6. The van der Waals surface area contributed by atoms with Gasteiger partial charge in [-0.2, -0.15) is 5.10 Å². The summed E-state index contributed by atoms with van der Waals surface area (Å²) in [5.41, 5.74) is 0.867. The zero-order valence-corrected chi connectivity index (χ0v) is 11.6. The molecule has 0 bridgehead atoms. The molecule has 1 aliphatic heterocycles. The summed E-state index contributed by atoms with van der Waals surface area (Å²) >= 11 is 5.22. The minimum atomic E-state index is -2.96. The average Bonchev–Trinajstić information content (AvgIpc) is 2.93. The maximum atomic E-state index is 11.6. The molecule has 0 aromatic carbocycles. The Balaban J connectivity index is 2.08. The number of hydrogen-bond donors (Lipinski definition) is 1. The summed E-state index contributed by atoms with van der Waals surface area (Å²) in [5, 5.41) is 6.94. The molecular weight excluding hydrogens is 284 g/mol. The van der Waals surface area contributed by atoms with Crippen molar-refractivity contribution in [2.24, 2.45) is 0 Å². The van der Waals surface area contributed by atoms with Gasteiger partial charge in [0.25, 0.3) is 0 Å². The minimum Gasteiger partial charge on any atom is -0.296 e. The first-order valence-electron chi connectivity index (χ1n) is 5.84. The second-order valence-electron chi connectivity index (χ2n) is 4.52. The highest BCUT2D eigenvalue weighted by molar-refractivity contribution is 7.91. The first-order valence-corrected chi connectivity index (χ1v) is 8.07.